The minimum Gasteiger partial charge on any atom is -0.483 e. The molecule has 2 aliphatic rings. The van der Waals surface area contributed by atoms with Gasteiger partial charge in [-0.15, -0.1) is 0 Å². The highest BCUT2D eigenvalue weighted by molar-refractivity contribution is 5.94. The van der Waals surface area contributed by atoms with Crippen molar-refractivity contribution >= 4 is 28.0 Å². The second-order valence-corrected chi connectivity index (χ2v) is 12.3. The number of ether oxygens (including phenoxy) is 1. The van der Waals surface area contributed by atoms with E-state index in [1.165, 1.54) is 38.9 Å². The lowest BCUT2D eigenvalue weighted by Gasteiger charge is -2.28. The number of anilines is 3. The Morgan fingerprint density at radius 2 is 1.10 bits per heavy atom. The maximum atomic E-state index is 6.34. The summed E-state index contributed by atoms with van der Waals surface area (Å²) in [5, 5.41) is 1.12. The molecule has 1 aliphatic heterocycles. The molecule has 2 unspecified atom stereocenters. The Morgan fingerprint density at radius 1 is 0.521 bits per heavy atom. The first-order valence-corrected chi connectivity index (χ1v) is 16.4. The molecule has 2 heterocycles. The largest absolute Gasteiger partial charge is 0.483 e. The number of aromatic nitrogens is 1. The van der Waals surface area contributed by atoms with E-state index in [-0.39, 0.29) is 12.0 Å². The number of pyridine rings is 1. The number of para-hydroxylation sites is 1. The van der Waals surface area contributed by atoms with Gasteiger partial charge in [-0.05, 0) is 70.3 Å². The molecule has 0 radical (unpaired) electrons. The second kappa shape index (κ2) is 11.9. The summed E-state index contributed by atoms with van der Waals surface area (Å²) < 4.78 is 6.34. The number of benzene rings is 6. The van der Waals surface area contributed by atoms with Gasteiger partial charge in [-0.1, -0.05) is 133 Å². The van der Waals surface area contributed by atoms with Crippen molar-refractivity contribution in [3.63, 3.8) is 0 Å². The van der Waals surface area contributed by atoms with Crippen LogP contribution in [0.4, 0.5) is 17.1 Å². The maximum absolute atomic E-state index is 6.34. The van der Waals surface area contributed by atoms with Crippen molar-refractivity contribution in [3.05, 3.63) is 188 Å². The fraction of sp³-hybridized carbons (Fsp3) is 0.0444. The van der Waals surface area contributed by atoms with Crippen molar-refractivity contribution < 1.29 is 4.74 Å². The van der Waals surface area contributed by atoms with Crippen LogP contribution in [0.5, 0.6) is 5.75 Å². The topological polar surface area (TPSA) is 25.4 Å². The van der Waals surface area contributed by atoms with Crippen LogP contribution in [-0.2, 0) is 0 Å². The lowest BCUT2D eigenvalue weighted by Crippen LogP contribution is -2.15. The summed E-state index contributed by atoms with van der Waals surface area (Å²) in [7, 11) is 0. The second-order valence-electron chi connectivity index (χ2n) is 12.3. The molecule has 1 aromatic heterocycles. The summed E-state index contributed by atoms with van der Waals surface area (Å²) in [6, 6.07) is 54.1. The number of fused-ring (bicyclic) bond motifs is 5. The highest BCUT2D eigenvalue weighted by atomic mass is 16.5. The van der Waals surface area contributed by atoms with Gasteiger partial charge >= 0.3 is 0 Å². The average molecular weight is 617 g/mol. The molecule has 9 rings (SSSR count). The first-order valence-electron chi connectivity index (χ1n) is 16.4. The van der Waals surface area contributed by atoms with Gasteiger partial charge in [0.05, 0.1) is 17.4 Å². The van der Waals surface area contributed by atoms with E-state index in [1.807, 2.05) is 6.20 Å². The monoisotopic (exact) mass is 616 g/mol. The van der Waals surface area contributed by atoms with Crippen LogP contribution in [-0.4, -0.2) is 11.1 Å². The van der Waals surface area contributed by atoms with Gasteiger partial charge in [0.25, 0.3) is 0 Å². The Labute approximate surface area is 280 Å². The quantitative estimate of drug-likeness (QED) is 0.186. The molecular weight excluding hydrogens is 585 g/mol. The zero-order chi connectivity index (χ0) is 31.9. The smallest absolute Gasteiger partial charge is 0.143 e. The average Bonchev–Trinajstić information content (AvgIpc) is 3.56. The number of hydrogen-bond acceptors (Lipinski definition) is 3. The SMILES string of the molecule is C1=CC2Oc3cnc4ccc(N(c5ccc(-c6ccc(-c7ccccc7)cc6)cc5)c5ccccc5-c5ccccc5)cc4c3C2C=C1. The van der Waals surface area contributed by atoms with E-state index in [0.29, 0.717) is 0 Å². The standard InChI is InChI=1S/C45H32N2O/c1-3-11-31(12-4-1)32-19-21-33(22-20-32)34-23-25-36(26-24-34)47(42-17-9-7-15-38(42)35-13-5-2-6-14-35)37-27-28-41-40(29-37)45-39-16-8-10-18-43(39)48-44(45)30-46-41/h1-30,39,43H. The highest BCUT2D eigenvalue weighted by Gasteiger charge is 2.34. The van der Waals surface area contributed by atoms with Gasteiger partial charge in [0, 0.05) is 33.8 Å². The third kappa shape index (κ3) is 4.97. The first-order chi connectivity index (χ1) is 23.8. The minimum absolute atomic E-state index is 0.00488. The normalized spacial score (nSPS) is 15.9. The van der Waals surface area contributed by atoms with Crippen LogP contribution < -0.4 is 9.64 Å². The van der Waals surface area contributed by atoms with Gasteiger partial charge in [-0.2, -0.15) is 0 Å². The van der Waals surface area contributed by atoms with Gasteiger partial charge in [-0.3, -0.25) is 4.98 Å². The molecule has 0 spiro atoms. The van der Waals surface area contributed by atoms with Crippen molar-refractivity contribution in [1.82, 2.24) is 4.98 Å². The number of rotatable bonds is 6. The Balaban J connectivity index is 1.16. The van der Waals surface area contributed by atoms with E-state index < -0.39 is 0 Å². The summed E-state index contributed by atoms with van der Waals surface area (Å²) in [5.74, 6) is 1.04. The zero-order valence-electron chi connectivity index (χ0n) is 26.3. The van der Waals surface area contributed by atoms with Gasteiger partial charge in [0.1, 0.15) is 11.9 Å². The van der Waals surface area contributed by atoms with Crippen LogP contribution in [0, 0.1) is 0 Å². The molecule has 0 N–H and O–H groups in total. The van der Waals surface area contributed by atoms with Crippen molar-refractivity contribution in [3.8, 4) is 39.1 Å². The van der Waals surface area contributed by atoms with E-state index >= 15 is 0 Å². The molecule has 0 saturated carbocycles. The van der Waals surface area contributed by atoms with Crippen LogP contribution >= 0.6 is 0 Å². The Hall–Kier alpha value is -6.19. The molecule has 0 bridgehead atoms. The van der Waals surface area contributed by atoms with Gasteiger partial charge in [-0.25, -0.2) is 0 Å². The minimum atomic E-state index is 0.00488. The van der Waals surface area contributed by atoms with E-state index in [4.69, 9.17) is 9.72 Å². The zero-order valence-corrected chi connectivity index (χ0v) is 26.3. The van der Waals surface area contributed by atoms with Crippen LogP contribution in [0.15, 0.2) is 182 Å². The number of nitrogens with zero attached hydrogens (tertiary/aromatic N) is 2. The predicted octanol–water partition coefficient (Wildman–Crippen LogP) is 11.7. The maximum Gasteiger partial charge on any atom is 0.143 e. The number of hydrogen-bond donors (Lipinski definition) is 0. The van der Waals surface area contributed by atoms with E-state index in [1.54, 1.807) is 0 Å². The summed E-state index contributed by atoms with van der Waals surface area (Å²) in [6.07, 6.45) is 10.5. The van der Waals surface area contributed by atoms with Crippen molar-refractivity contribution in [1.29, 1.82) is 0 Å². The Kier molecular flexibility index (Phi) is 6.94. The molecule has 7 aromatic rings. The van der Waals surface area contributed by atoms with Crippen LogP contribution in [0.2, 0.25) is 0 Å². The van der Waals surface area contributed by atoms with Gasteiger partial charge in [0.15, 0.2) is 0 Å². The van der Waals surface area contributed by atoms with Crippen LogP contribution in [0.25, 0.3) is 44.3 Å². The lowest BCUT2D eigenvalue weighted by atomic mass is 9.89. The van der Waals surface area contributed by atoms with Crippen molar-refractivity contribution in [2.45, 2.75) is 12.0 Å². The molecular formula is C45H32N2O. The molecule has 228 valence electrons. The molecule has 6 aromatic carbocycles. The summed E-state index contributed by atoms with van der Waals surface area (Å²) in [6.45, 7) is 0. The molecule has 1 aliphatic carbocycles. The first kappa shape index (κ1) is 28.1. The Bertz CT molecular complexity index is 2310. The molecule has 3 nitrogen and oxygen atoms in total. The lowest BCUT2D eigenvalue weighted by molar-refractivity contribution is 0.268. The summed E-state index contributed by atoms with van der Waals surface area (Å²) in [5.41, 5.74) is 12.6. The van der Waals surface area contributed by atoms with Crippen molar-refractivity contribution in [2.24, 2.45) is 0 Å². The fourth-order valence-electron chi connectivity index (χ4n) is 7.11. The van der Waals surface area contributed by atoms with Crippen LogP contribution in [0.1, 0.15) is 11.5 Å². The summed E-state index contributed by atoms with van der Waals surface area (Å²) in [4.78, 5) is 7.17. The van der Waals surface area contributed by atoms with Crippen LogP contribution in [0.3, 0.4) is 0 Å². The third-order valence-electron chi connectivity index (χ3n) is 9.48. The third-order valence-corrected chi connectivity index (χ3v) is 9.48. The molecule has 0 saturated heterocycles. The van der Waals surface area contributed by atoms with Crippen molar-refractivity contribution in [2.75, 3.05) is 4.90 Å². The van der Waals surface area contributed by atoms with E-state index in [2.05, 4.69) is 181 Å². The fourth-order valence-corrected chi connectivity index (χ4v) is 7.11. The highest BCUT2D eigenvalue weighted by Crippen LogP contribution is 2.47. The number of allylic oxidation sites excluding steroid dienone is 2. The summed E-state index contributed by atoms with van der Waals surface area (Å²) >= 11 is 0. The molecule has 2 atom stereocenters. The van der Waals surface area contributed by atoms with E-state index in [9.17, 15) is 0 Å². The van der Waals surface area contributed by atoms with E-state index in [0.717, 1.165) is 33.7 Å². The molecule has 48 heavy (non-hydrogen) atoms. The van der Waals surface area contributed by atoms with Gasteiger partial charge < -0.3 is 9.64 Å². The molecule has 0 fully saturated rings. The molecule has 0 amide bonds. The predicted molar refractivity (Wildman–Crippen MR) is 198 cm³/mol. The Morgan fingerprint density at radius 3 is 1.83 bits per heavy atom. The molecule has 3 heteroatoms. The van der Waals surface area contributed by atoms with Gasteiger partial charge in [0.2, 0.25) is 0 Å².